The van der Waals surface area contributed by atoms with Gasteiger partial charge in [-0.2, -0.15) is 0 Å². The molecule has 0 saturated heterocycles. The molecule has 0 amide bonds. The molecule has 2 rings (SSSR count). The number of aliphatic hydroxyl groups excluding tert-OH is 1. The fourth-order valence-electron chi connectivity index (χ4n) is 2.27. The third kappa shape index (κ3) is 6.74. The van der Waals surface area contributed by atoms with Crippen LogP contribution in [0.25, 0.3) is 0 Å². The second-order valence-electron chi connectivity index (χ2n) is 5.94. The Balaban J connectivity index is 1.52. The van der Waals surface area contributed by atoms with Gasteiger partial charge in [-0.15, -0.1) is 0 Å². The molecule has 130 valence electrons. The van der Waals surface area contributed by atoms with Crippen LogP contribution in [-0.2, 0) is 16.1 Å². The van der Waals surface area contributed by atoms with Crippen molar-refractivity contribution in [1.29, 1.82) is 0 Å². The molecular weight excluding hydrogens is 298 g/mol. The molecule has 0 aromatic heterocycles. The molecule has 6 heteroatoms. The average molecular weight is 326 g/mol. The molecule has 0 saturated carbocycles. The fourth-order valence-corrected chi connectivity index (χ4v) is 2.27. The van der Waals surface area contributed by atoms with Crippen LogP contribution in [0.15, 0.2) is 18.2 Å². The lowest BCUT2D eigenvalue weighted by Crippen LogP contribution is -2.86. The van der Waals surface area contributed by atoms with Crippen LogP contribution >= 0.6 is 0 Å². The standard InChI is InChI=1S/C17H27NO5/c1-13(2)21-7-3-6-18-9-15(19)11-20-10-14-4-5-16-17(8-14)23-12-22-16/h4-5,8,13,15,18-19H,3,6-7,9-12H2,1-2H3/p+1/t15-/m0/s1. The van der Waals surface area contributed by atoms with Crippen molar-refractivity contribution in [3.63, 3.8) is 0 Å². The van der Waals surface area contributed by atoms with E-state index in [0.29, 0.717) is 19.8 Å². The summed E-state index contributed by atoms with van der Waals surface area (Å²) in [6.07, 6.45) is 0.809. The van der Waals surface area contributed by atoms with Crippen LogP contribution in [-0.4, -0.2) is 50.4 Å². The van der Waals surface area contributed by atoms with E-state index in [2.05, 4.69) is 5.32 Å². The van der Waals surface area contributed by atoms with Crippen LogP contribution in [0, 0.1) is 0 Å². The zero-order chi connectivity index (χ0) is 16.5. The number of aliphatic hydroxyl groups is 1. The summed E-state index contributed by atoms with van der Waals surface area (Å²) in [4.78, 5) is 0. The normalized spacial score (nSPS) is 14.4. The van der Waals surface area contributed by atoms with Gasteiger partial charge in [-0.05, 0) is 31.5 Å². The zero-order valence-corrected chi connectivity index (χ0v) is 14.0. The fraction of sp³-hybridized carbons (Fsp3) is 0.647. The Labute approximate surface area is 137 Å². The second-order valence-corrected chi connectivity index (χ2v) is 5.94. The van der Waals surface area contributed by atoms with Crippen LogP contribution < -0.4 is 14.8 Å². The smallest absolute Gasteiger partial charge is 0.231 e. The molecule has 23 heavy (non-hydrogen) atoms. The Morgan fingerprint density at radius 3 is 2.91 bits per heavy atom. The molecule has 0 fully saturated rings. The summed E-state index contributed by atoms with van der Waals surface area (Å²) in [5, 5.41) is 12.0. The molecule has 0 bridgehead atoms. The van der Waals surface area contributed by atoms with E-state index < -0.39 is 6.10 Å². The number of ether oxygens (including phenoxy) is 4. The van der Waals surface area contributed by atoms with Crippen molar-refractivity contribution in [2.45, 2.75) is 39.1 Å². The molecule has 1 aromatic rings. The van der Waals surface area contributed by atoms with Crippen LogP contribution in [0.2, 0.25) is 0 Å². The van der Waals surface area contributed by atoms with Crippen molar-refractivity contribution in [1.82, 2.24) is 0 Å². The lowest BCUT2D eigenvalue weighted by molar-refractivity contribution is -0.661. The lowest BCUT2D eigenvalue weighted by atomic mass is 10.2. The molecule has 0 unspecified atom stereocenters. The van der Waals surface area contributed by atoms with E-state index >= 15 is 0 Å². The van der Waals surface area contributed by atoms with Gasteiger partial charge in [-0.25, -0.2) is 0 Å². The molecule has 0 radical (unpaired) electrons. The minimum Gasteiger partial charge on any atom is -0.454 e. The first kappa shape index (κ1) is 18.0. The molecular formula is C17H28NO5+. The van der Waals surface area contributed by atoms with E-state index in [9.17, 15) is 5.11 Å². The van der Waals surface area contributed by atoms with Crippen LogP contribution in [0.5, 0.6) is 11.5 Å². The Morgan fingerprint density at radius 2 is 2.09 bits per heavy atom. The minimum absolute atomic E-state index is 0.274. The van der Waals surface area contributed by atoms with E-state index in [0.717, 1.165) is 36.6 Å². The van der Waals surface area contributed by atoms with Gasteiger partial charge < -0.3 is 29.4 Å². The van der Waals surface area contributed by atoms with Crippen LogP contribution in [0.3, 0.4) is 0 Å². The zero-order valence-electron chi connectivity index (χ0n) is 14.0. The summed E-state index contributed by atoms with van der Waals surface area (Å²) in [6.45, 7) is 7.48. The first-order valence-electron chi connectivity index (χ1n) is 8.22. The van der Waals surface area contributed by atoms with Crippen molar-refractivity contribution in [3.8, 4) is 11.5 Å². The molecule has 3 N–H and O–H groups in total. The highest BCUT2D eigenvalue weighted by Gasteiger charge is 2.13. The quantitative estimate of drug-likeness (QED) is 0.585. The second kappa shape index (κ2) is 9.72. The van der Waals surface area contributed by atoms with Gasteiger partial charge >= 0.3 is 0 Å². The van der Waals surface area contributed by atoms with Crippen LogP contribution in [0.4, 0.5) is 0 Å². The average Bonchev–Trinajstić information content (AvgIpc) is 2.98. The summed E-state index contributed by atoms with van der Waals surface area (Å²) in [5.41, 5.74) is 1.01. The highest BCUT2D eigenvalue weighted by atomic mass is 16.7. The van der Waals surface area contributed by atoms with E-state index in [1.54, 1.807) is 0 Å². The maximum Gasteiger partial charge on any atom is 0.231 e. The van der Waals surface area contributed by atoms with Crippen LogP contribution in [0.1, 0.15) is 25.8 Å². The molecule has 1 aliphatic rings. The highest BCUT2D eigenvalue weighted by Crippen LogP contribution is 2.32. The number of benzene rings is 1. The Kier molecular flexibility index (Phi) is 7.61. The first-order chi connectivity index (χ1) is 11.1. The van der Waals surface area contributed by atoms with Crippen molar-refractivity contribution >= 4 is 0 Å². The predicted molar refractivity (Wildman–Crippen MR) is 85.6 cm³/mol. The van der Waals surface area contributed by atoms with Gasteiger partial charge in [0.15, 0.2) is 11.5 Å². The number of nitrogens with two attached hydrogens (primary N) is 1. The largest absolute Gasteiger partial charge is 0.454 e. The summed E-state index contributed by atoms with van der Waals surface area (Å²) >= 11 is 0. The number of quaternary nitrogens is 1. The van der Waals surface area contributed by atoms with Gasteiger partial charge in [0.1, 0.15) is 12.6 Å². The predicted octanol–water partition coefficient (Wildman–Crippen LogP) is 0.671. The topological polar surface area (TPSA) is 73.8 Å². The molecule has 1 aromatic carbocycles. The summed E-state index contributed by atoms with van der Waals surface area (Å²) in [7, 11) is 0. The van der Waals surface area contributed by atoms with Gasteiger partial charge in [0.25, 0.3) is 0 Å². The SMILES string of the molecule is CC(C)OCCC[NH2+]C[C@H](O)COCc1ccc2c(c1)OCO2. The van der Waals surface area contributed by atoms with Gasteiger partial charge in [-0.1, -0.05) is 6.07 Å². The van der Waals surface area contributed by atoms with E-state index in [-0.39, 0.29) is 12.9 Å². The lowest BCUT2D eigenvalue weighted by Gasteiger charge is -2.11. The van der Waals surface area contributed by atoms with Crippen molar-refractivity contribution < 1.29 is 29.4 Å². The first-order valence-corrected chi connectivity index (χ1v) is 8.22. The monoisotopic (exact) mass is 326 g/mol. The molecule has 1 atom stereocenters. The number of fused-ring (bicyclic) bond motifs is 1. The minimum atomic E-state index is -0.463. The Bertz CT molecular complexity index is 466. The van der Waals surface area contributed by atoms with E-state index in [4.69, 9.17) is 18.9 Å². The van der Waals surface area contributed by atoms with Crippen molar-refractivity contribution in [2.75, 3.05) is 33.1 Å². The molecule has 0 spiro atoms. The number of rotatable bonds is 11. The Morgan fingerprint density at radius 1 is 1.26 bits per heavy atom. The summed E-state index contributed by atoms with van der Waals surface area (Å²) in [6, 6.07) is 5.74. The third-order valence-corrected chi connectivity index (χ3v) is 3.46. The molecule has 6 nitrogen and oxygen atoms in total. The maximum atomic E-state index is 9.89. The van der Waals surface area contributed by atoms with E-state index in [1.165, 1.54) is 0 Å². The highest BCUT2D eigenvalue weighted by molar-refractivity contribution is 5.44. The molecule has 0 aliphatic carbocycles. The number of hydrogen-bond donors (Lipinski definition) is 2. The van der Waals surface area contributed by atoms with Gasteiger partial charge in [0.2, 0.25) is 6.79 Å². The van der Waals surface area contributed by atoms with Gasteiger partial charge in [-0.3, -0.25) is 0 Å². The van der Waals surface area contributed by atoms with Crippen molar-refractivity contribution in [3.05, 3.63) is 23.8 Å². The summed E-state index contributed by atoms with van der Waals surface area (Å²) in [5.74, 6) is 1.52. The third-order valence-electron chi connectivity index (χ3n) is 3.46. The van der Waals surface area contributed by atoms with Gasteiger partial charge in [0, 0.05) is 6.42 Å². The number of hydrogen-bond acceptors (Lipinski definition) is 5. The maximum absolute atomic E-state index is 9.89. The summed E-state index contributed by atoms with van der Waals surface area (Å²) < 4.78 is 21.6. The van der Waals surface area contributed by atoms with Crippen molar-refractivity contribution in [2.24, 2.45) is 0 Å². The van der Waals surface area contributed by atoms with E-state index in [1.807, 2.05) is 32.0 Å². The molecule has 1 heterocycles. The molecule has 1 aliphatic heterocycles. The van der Waals surface area contributed by atoms with Gasteiger partial charge in [0.05, 0.1) is 32.5 Å². The Hall–Kier alpha value is -1.34.